The van der Waals surface area contributed by atoms with E-state index < -0.39 is 0 Å². The minimum absolute atomic E-state index is 0.629. The summed E-state index contributed by atoms with van der Waals surface area (Å²) in [4.78, 5) is 13.9. The summed E-state index contributed by atoms with van der Waals surface area (Å²) in [6.45, 7) is 12.1. The Hall–Kier alpha value is -2.70. The average Bonchev–Trinajstić information content (AvgIpc) is 3.19. The Kier molecular flexibility index (Phi) is 6.16. The molecule has 3 aromatic rings. The van der Waals surface area contributed by atoms with Crippen LogP contribution < -0.4 is 5.32 Å². The number of aromatic nitrogens is 3. The number of aryl methyl sites for hydroxylation is 1. The highest BCUT2D eigenvalue weighted by molar-refractivity contribution is 5.88. The molecule has 1 fully saturated rings. The Morgan fingerprint density at radius 2 is 1.90 bits per heavy atom. The molecule has 1 aliphatic rings. The van der Waals surface area contributed by atoms with Gasteiger partial charge in [-0.05, 0) is 38.3 Å². The molecule has 30 heavy (non-hydrogen) atoms. The summed E-state index contributed by atoms with van der Waals surface area (Å²) in [7, 11) is 2.02. The Morgan fingerprint density at radius 1 is 1.10 bits per heavy atom. The van der Waals surface area contributed by atoms with Crippen molar-refractivity contribution in [2.75, 3.05) is 38.0 Å². The molecule has 0 amide bonds. The summed E-state index contributed by atoms with van der Waals surface area (Å²) < 4.78 is 2.04. The first-order chi connectivity index (χ1) is 14.5. The van der Waals surface area contributed by atoms with E-state index in [2.05, 4.69) is 76.2 Å². The van der Waals surface area contributed by atoms with Crippen molar-refractivity contribution in [1.82, 2.24) is 24.3 Å². The van der Waals surface area contributed by atoms with Crippen molar-refractivity contribution >= 4 is 16.6 Å². The highest BCUT2D eigenvalue weighted by Gasteiger charge is 2.19. The first kappa shape index (κ1) is 20.6. The fourth-order valence-electron chi connectivity index (χ4n) is 4.05. The van der Waals surface area contributed by atoms with Crippen molar-refractivity contribution in [1.29, 1.82) is 0 Å². The van der Waals surface area contributed by atoms with Gasteiger partial charge in [-0.15, -0.1) is 0 Å². The number of nitrogens with one attached hydrogen (secondary N) is 1. The maximum absolute atomic E-state index is 4.64. The van der Waals surface area contributed by atoms with Crippen LogP contribution >= 0.6 is 0 Å². The molecule has 0 radical (unpaired) electrons. The standard InChI is InChI=1S/C24H32N6/c1-5-22(16-29-8-10-30(11-9-29)18(2)3)27-24-13-21-12-19(6-7-20(21)14-26-24)23-15-25-17-28(23)4/h5-7,12-15,17-18H,8-11,16H2,1-4H3,(H,26,27)/b22-5+. The van der Waals surface area contributed by atoms with Crippen LogP contribution in [0.3, 0.4) is 0 Å². The summed E-state index contributed by atoms with van der Waals surface area (Å²) in [5.41, 5.74) is 3.47. The average molecular weight is 405 g/mol. The SMILES string of the molecule is C/C=C(\CN1CCN(C(C)C)CC1)Nc1cc2cc(-c3cncn3C)ccc2cn1. The smallest absolute Gasteiger partial charge is 0.130 e. The summed E-state index contributed by atoms with van der Waals surface area (Å²) in [6, 6.07) is 9.22. The lowest BCUT2D eigenvalue weighted by Crippen LogP contribution is -2.49. The second-order valence-corrected chi connectivity index (χ2v) is 8.37. The van der Waals surface area contributed by atoms with E-state index in [4.69, 9.17) is 0 Å². The minimum Gasteiger partial charge on any atom is -0.343 e. The molecule has 6 nitrogen and oxygen atoms in total. The third kappa shape index (κ3) is 4.55. The van der Waals surface area contributed by atoms with Crippen LogP contribution in [0.15, 0.2) is 54.8 Å². The van der Waals surface area contributed by atoms with Gasteiger partial charge in [0.2, 0.25) is 0 Å². The van der Waals surface area contributed by atoms with Crippen LogP contribution in [0.25, 0.3) is 22.0 Å². The fraction of sp³-hybridized carbons (Fsp3) is 0.417. The van der Waals surface area contributed by atoms with E-state index in [1.165, 1.54) is 11.1 Å². The van der Waals surface area contributed by atoms with Crippen LogP contribution in [-0.4, -0.2) is 63.1 Å². The molecule has 0 aliphatic carbocycles. The lowest BCUT2D eigenvalue weighted by Gasteiger charge is -2.37. The van der Waals surface area contributed by atoms with Gasteiger partial charge in [0.15, 0.2) is 0 Å². The number of hydrogen-bond donors (Lipinski definition) is 1. The number of pyridine rings is 1. The van der Waals surface area contributed by atoms with Gasteiger partial charge in [0, 0.05) is 68.7 Å². The number of allylic oxidation sites excluding steroid dienone is 1. The fourth-order valence-corrected chi connectivity index (χ4v) is 4.05. The lowest BCUT2D eigenvalue weighted by molar-refractivity contribution is 0.115. The van der Waals surface area contributed by atoms with Gasteiger partial charge in [-0.25, -0.2) is 9.97 Å². The van der Waals surface area contributed by atoms with Crippen LogP contribution in [0.5, 0.6) is 0 Å². The largest absolute Gasteiger partial charge is 0.343 e. The Bertz CT molecular complexity index is 1030. The predicted octanol–water partition coefficient (Wildman–Crippen LogP) is 3.98. The third-order valence-electron chi connectivity index (χ3n) is 6.00. The van der Waals surface area contributed by atoms with Crippen LogP contribution in [-0.2, 0) is 7.05 Å². The van der Waals surface area contributed by atoms with Gasteiger partial charge in [-0.1, -0.05) is 18.2 Å². The van der Waals surface area contributed by atoms with Crippen molar-refractivity contribution < 1.29 is 0 Å². The Labute approximate surface area is 179 Å². The second-order valence-electron chi connectivity index (χ2n) is 8.37. The molecule has 3 heterocycles. The van der Waals surface area contributed by atoms with E-state index in [9.17, 15) is 0 Å². The van der Waals surface area contributed by atoms with Crippen molar-refractivity contribution in [3.05, 3.63) is 54.8 Å². The molecule has 0 spiro atoms. The van der Waals surface area contributed by atoms with Gasteiger partial charge in [0.1, 0.15) is 5.82 Å². The van der Waals surface area contributed by atoms with Crippen LogP contribution in [0.1, 0.15) is 20.8 Å². The van der Waals surface area contributed by atoms with Gasteiger partial charge >= 0.3 is 0 Å². The number of anilines is 1. The first-order valence-corrected chi connectivity index (χ1v) is 10.8. The molecule has 1 aromatic carbocycles. The molecule has 0 saturated carbocycles. The number of piperazine rings is 1. The van der Waals surface area contributed by atoms with Crippen molar-refractivity contribution in [2.24, 2.45) is 7.05 Å². The van der Waals surface area contributed by atoms with Gasteiger partial charge < -0.3 is 9.88 Å². The molecule has 1 saturated heterocycles. The zero-order valence-electron chi connectivity index (χ0n) is 18.5. The van der Waals surface area contributed by atoms with Crippen molar-refractivity contribution in [2.45, 2.75) is 26.8 Å². The van der Waals surface area contributed by atoms with Gasteiger partial charge in [0.25, 0.3) is 0 Å². The zero-order chi connectivity index (χ0) is 21.1. The Balaban J connectivity index is 1.46. The van der Waals surface area contributed by atoms with E-state index in [1.807, 2.05) is 30.3 Å². The summed E-state index contributed by atoms with van der Waals surface area (Å²) in [6.07, 6.45) is 7.84. The molecule has 1 N–H and O–H groups in total. The van der Waals surface area contributed by atoms with Crippen molar-refractivity contribution in [3.63, 3.8) is 0 Å². The number of fused-ring (bicyclic) bond motifs is 1. The van der Waals surface area contributed by atoms with Crippen molar-refractivity contribution in [3.8, 4) is 11.3 Å². The second kappa shape index (κ2) is 8.98. The number of hydrogen-bond acceptors (Lipinski definition) is 5. The normalized spacial score (nSPS) is 16.5. The lowest BCUT2D eigenvalue weighted by atomic mass is 10.1. The third-order valence-corrected chi connectivity index (χ3v) is 6.00. The van der Waals surface area contributed by atoms with E-state index >= 15 is 0 Å². The summed E-state index contributed by atoms with van der Waals surface area (Å²) >= 11 is 0. The number of benzene rings is 1. The van der Waals surface area contributed by atoms with Crippen LogP contribution in [0, 0.1) is 0 Å². The van der Waals surface area contributed by atoms with E-state index in [-0.39, 0.29) is 0 Å². The summed E-state index contributed by atoms with van der Waals surface area (Å²) in [5.74, 6) is 0.888. The number of rotatable bonds is 6. The predicted molar refractivity (Wildman–Crippen MR) is 124 cm³/mol. The van der Waals surface area contributed by atoms with E-state index in [1.54, 1.807) is 0 Å². The number of nitrogens with zero attached hydrogens (tertiary/aromatic N) is 5. The van der Waals surface area contributed by atoms with Crippen LogP contribution in [0.2, 0.25) is 0 Å². The molecular weight excluding hydrogens is 372 g/mol. The quantitative estimate of drug-likeness (QED) is 0.674. The van der Waals surface area contributed by atoms with Gasteiger partial charge in [-0.3, -0.25) is 9.80 Å². The monoisotopic (exact) mass is 404 g/mol. The minimum atomic E-state index is 0.629. The molecule has 6 heteroatoms. The Morgan fingerprint density at radius 3 is 2.57 bits per heavy atom. The zero-order valence-corrected chi connectivity index (χ0v) is 18.5. The molecular formula is C24H32N6. The molecule has 1 aliphatic heterocycles. The molecule has 2 aromatic heterocycles. The first-order valence-electron chi connectivity index (χ1n) is 10.8. The van der Waals surface area contributed by atoms with Gasteiger partial charge in [-0.2, -0.15) is 0 Å². The summed E-state index contributed by atoms with van der Waals surface area (Å²) in [5, 5.41) is 5.86. The maximum Gasteiger partial charge on any atom is 0.130 e. The molecule has 158 valence electrons. The highest BCUT2D eigenvalue weighted by atomic mass is 15.3. The van der Waals surface area contributed by atoms with Gasteiger partial charge in [0.05, 0.1) is 18.2 Å². The number of imidazole rings is 1. The topological polar surface area (TPSA) is 49.2 Å². The maximum atomic E-state index is 4.64. The molecule has 0 unspecified atom stereocenters. The molecule has 0 bridgehead atoms. The molecule has 0 atom stereocenters. The molecule has 4 rings (SSSR count). The van der Waals surface area contributed by atoms with E-state index in [0.29, 0.717) is 6.04 Å². The van der Waals surface area contributed by atoms with Crippen LogP contribution in [0.4, 0.5) is 5.82 Å². The van der Waals surface area contributed by atoms with E-state index in [0.717, 1.165) is 55.2 Å². The highest BCUT2D eigenvalue weighted by Crippen LogP contribution is 2.25.